The van der Waals surface area contributed by atoms with Gasteiger partial charge in [0.15, 0.2) is 6.10 Å². The van der Waals surface area contributed by atoms with Crippen molar-refractivity contribution in [2.24, 2.45) is 0 Å². The third-order valence-corrected chi connectivity index (χ3v) is 10.1. The predicted octanol–water partition coefficient (Wildman–Crippen LogP) is 12.0. The molecule has 0 aromatic rings. The Hall–Kier alpha value is -3.49. The van der Waals surface area contributed by atoms with Crippen LogP contribution < -0.4 is 5.11 Å². The van der Waals surface area contributed by atoms with Crippen LogP contribution in [0.2, 0.25) is 0 Å². The first-order valence-electron chi connectivity index (χ1n) is 23.7. The number of esters is 2. The summed E-state index contributed by atoms with van der Waals surface area (Å²) in [5.74, 6) is -1.80. The topological polar surface area (TPSA) is 102 Å². The maximum Gasteiger partial charge on any atom is 0.306 e. The smallest absolute Gasteiger partial charge is 0.306 e. The van der Waals surface area contributed by atoms with Gasteiger partial charge in [0.05, 0.1) is 40.3 Å². The third-order valence-electron chi connectivity index (χ3n) is 10.1. The first-order valence-corrected chi connectivity index (χ1v) is 23.7. The number of carboxylic acids is 1. The van der Waals surface area contributed by atoms with Crippen LogP contribution in [0, 0.1) is 0 Å². The van der Waals surface area contributed by atoms with Gasteiger partial charge in [-0.3, -0.25) is 9.59 Å². The average molecular weight is 838 g/mol. The SMILES string of the molecule is CCC/C=C/C=C/C=C/C=C/C=C/CCCCCCCC(=O)OCC(COCCC(C(=O)[O-])[N+](C)(C)C)OC(=O)CCCCCCC/C=C/C=C/CCCCCCCCC. The van der Waals surface area contributed by atoms with Crippen molar-refractivity contribution in [3.63, 3.8) is 0 Å². The number of unbranched alkanes of at least 4 members (excludes halogenated alkanes) is 18. The number of carboxylic acid groups (broad SMARTS) is 1. The molecule has 2 atom stereocenters. The zero-order valence-corrected chi connectivity index (χ0v) is 38.8. The lowest BCUT2D eigenvalue weighted by molar-refractivity contribution is -0.889. The van der Waals surface area contributed by atoms with E-state index in [0.29, 0.717) is 12.8 Å². The van der Waals surface area contributed by atoms with Crippen LogP contribution in [0.25, 0.3) is 0 Å². The van der Waals surface area contributed by atoms with Crippen LogP contribution >= 0.6 is 0 Å². The van der Waals surface area contributed by atoms with E-state index < -0.39 is 18.1 Å². The van der Waals surface area contributed by atoms with Gasteiger partial charge < -0.3 is 28.6 Å². The monoisotopic (exact) mass is 838 g/mol. The fraction of sp³-hybridized carbons (Fsp3) is 0.673. The Morgan fingerprint density at radius 1 is 0.500 bits per heavy atom. The normalized spacial score (nSPS) is 13.7. The molecule has 0 fully saturated rings. The predicted molar refractivity (Wildman–Crippen MR) is 249 cm³/mol. The van der Waals surface area contributed by atoms with E-state index in [-0.39, 0.29) is 42.7 Å². The minimum atomic E-state index is -1.13. The molecule has 0 bridgehead atoms. The van der Waals surface area contributed by atoms with Crippen molar-refractivity contribution in [2.45, 2.75) is 187 Å². The Morgan fingerprint density at radius 3 is 1.38 bits per heavy atom. The van der Waals surface area contributed by atoms with Gasteiger partial charge in [-0.15, -0.1) is 0 Å². The summed E-state index contributed by atoms with van der Waals surface area (Å²) in [4.78, 5) is 36.9. The van der Waals surface area contributed by atoms with Gasteiger partial charge in [-0.1, -0.05) is 182 Å². The Bertz CT molecular complexity index is 1250. The summed E-state index contributed by atoms with van der Waals surface area (Å²) in [6, 6.07) is -0.738. The summed E-state index contributed by atoms with van der Waals surface area (Å²) >= 11 is 0. The molecule has 0 amide bonds. The van der Waals surface area contributed by atoms with E-state index in [1.165, 1.54) is 51.4 Å². The minimum absolute atomic E-state index is 0.0209. The molecule has 0 aromatic carbocycles. The number of aliphatic carboxylic acids is 1. The van der Waals surface area contributed by atoms with Crippen molar-refractivity contribution in [2.75, 3.05) is 41.0 Å². The van der Waals surface area contributed by atoms with Crippen molar-refractivity contribution in [3.8, 4) is 0 Å². The molecule has 0 spiro atoms. The summed E-state index contributed by atoms with van der Waals surface area (Å²) in [7, 11) is 5.39. The van der Waals surface area contributed by atoms with Gasteiger partial charge in [-0.05, 0) is 57.8 Å². The average Bonchev–Trinajstić information content (AvgIpc) is 3.21. The zero-order valence-electron chi connectivity index (χ0n) is 38.8. The van der Waals surface area contributed by atoms with Crippen LogP contribution in [0.5, 0.6) is 0 Å². The molecule has 0 saturated carbocycles. The summed E-state index contributed by atoms with van der Waals surface area (Å²) in [6.07, 6.45) is 54.6. The first-order chi connectivity index (χ1) is 29.1. The van der Waals surface area contributed by atoms with Crippen LogP contribution in [-0.4, -0.2) is 75.5 Å². The lowest BCUT2D eigenvalue weighted by atomic mass is 10.1. The number of carbonyl (C=O) groups is 3. The van der Waals surface area contributed by atoms with Gasteiger partial charge in [0.2, 0.25) is 0 Å². The molecule has 0 saturated heterocycles. The largest absolute Gasteiger partial charge is 0.544 e. The highest BCUT2D eigenvalue weighted by molar-refractivity contribution is 5.70. The first kappa shape index (κ1) is 56.5. The van der Waals surface area contributed by atoms with Gasteiger partial charge in [-0.2, -0.15) is 0 Å². The molecule has 0 aliphatic rings. The van der Waals surface area contributed by atoms with Crippen molar-refractivity contribution in [3.05, 3.63) is 85.1 Å². The number of likely N-dealkylation sites (N-methyl/N-ethyl adjacent to an activating group) is 1. The van der Waals surface area contributed by atoms with Gasteiger partial charge in [0.1, 0.15) is 12.6 Å². The molecule has 0 N–H and O–H groups in total. The molecule has 0 heterocycles. The van der Waals surface area contributed by atoms with Crippen LogP contribution in [-0.2, 0) is 28.6 Å². The maximum atomic E-state index is 12.7. The van der Waals surface area contributed by atoms with E-state index in [4.69, 9.17) is 14.2 Å². The van der Waals surface area contributed by atoms with Crippen LogP contribution in [0.1, 0.15) is 174 Å². The van der Waals surface area contributed by atoms with Crippen molar-refractivity contribution >= 4 is 17.9 Å². The second-order valence-corrected chi connectivity index (χ2v) is 16.8. The highest BCUT2D eigenvalue weighted by Crippen LogP contribution is 2.13. The highest BCUT2D eigenvalue weighted by atomic mass is 16.6. The van der Waals surface area contributed by atoms with Gasteiger partial charge in [0, 0.05) is 19.3 Å². The molecule has 342 valence electrons. The molecule has 60 heavy (non-hydrogen) atoms. The lowest BCUT2D eigenvalue weighted by Crippen LogP contribution is -2.55. The molecule has 0 aromatic heterocycles. The van der Waals surface area contributed by atoms with E-state index >= 15 is 0 Å². The second-order valence-electron chi connectivity index (χ2n) is 16.8. The molecule has 2 unspecified atom stereocenters. The molecule has 0 radical (unpaired) electrons. The number of hydrogen-bond donors (Lipinski definition) is 0. The van der Waals surface area contributed by atoms with Gasteiger partial charge in [-0.25, -0.2) is 0 Å². The van der Waals surface area contributed by atoms with Crippen LogP contribution in [0.15, 0.2) is 85.1 Å². The summed E-state index contributed by atoms with van der Waals surface area (Å²) in [5.41, 5.74) is 0. The quantitative estimate of drug-likeness (QED) is 0.0261. The van der Waals surface area contributed by atoms with Gasteiger partial charge in [0.25, 0.3) is 0 Å². The van der Waals surface area contributed by atoms with Crippen molar-refractivity contribution in [1.82, 2.24) is 0 Å². The fourth-order valence-corrected chi connectivity index (χ4v) is 6.44. The standard InChI is InChI=1S/C52H87NO7/c1-6-8-10-12-14-16-18-20-22-24-26-28-30-32-34-36-38-40-42-50(54)59-47-48(46-58-45-44-49(52(56)57)53(3,4)5)60-51(55)43-41-39-37-35-33-31-29-27-25-23-21-19-17-15-13-11-9-7-2/h10,12,14,16,18,20,22-29,48-49H,6-9,11,13,15,17,19,21,30-47H2,1-5H3/b12-10+,16-14+,20-18+,24-22+,25-23+,28-26+,29-27+. The second kappa shape index (κ2) is 42.2. The zero-order chi connectivity index (χ0) is 44.2. The van der Waals surface area contributed by atoms with E-state index in [1.807, 2.05) is 36.5 Å². The van der Waals surface area contributed by atoms with E-state index in [1.54, 1.807) is 21.1 Å². The number of carbonyl (C=O) groups excluding carboxylic acids is 3. The molecular weight excluding hydrogens is 751 g/mol. The molecule has 0 aliphatic heterocycles. The summed E-state index contributed by atoms with van der Waals surface area (Å²) < 4.78 is 17.2. The Kier molecular flexibility index (Phi) is 39.8. The number of hydrogen-bond acceptors (Lipinski definition) is 7. The summed E-state index contributed by atoms with van der Waals surface area (Å²) in [5, 5.41) is 11.6. The maximum absolute atomic E-state index is 12.7. The Morgan fingerprint density at radius 2 is 0.917 bits per heavy atom. The molecule has 0 aliphatic carbocycles. The van der Waals surface area contributed by atoms with Crippen molar-refractivity contribution < 1.29 is 38.2 Å². The molecular formula is C52H87NO7. The minimum Gasteiger partial charge on any atom is -0.544 e. The van der Waals surface area contributed by atoms with Crippen LogP contribution in [0.4, 0.5) is 0 Å². The van der Waals surface area contributed by atoms with E-state index in [0.717, 1.165) is 89.9 Å². The number of rotatable bonds is 41. The van der Waals surface area contributed by atoms with Crippen molar-refractivity contribution in [1.29, 1.82) is 0 Å². The number of quaternary nitrogens is 1. The molecule has 8 heteroatoms. The summed E-state index contributed by atoms with van der Waals surface area (Å²) in [6.45, 7) is 4.52. The third kappa shape index (κ3) is 39.9. The number of allylic oxidation sites excluding steroid dienone is 14. The van der Waals surface area contributed by atoms with Gasteiger partial charge >= 0.3 is 11.9 Å². The van der Waals surface area contributed by atoms with E-state index in [2.05, 4.69) is 62.5 Å². The molecule has 8 nitrogen and oxygen atoms in total. The number of nitrogens with zero attached hydrogens (tertiary/aromatic N) is 1. The van der Waals surface area contributed by atoms with E-state index in [9.17, 15) is 19.5 Å². The van der Waals surface area contributed by atoms with Crippen LogP contribution in [0.3, 0.4) is 0 Å². The molecule has 0 rings (SSSR count). The lowest BCUT2D eigenvalue weighted by Gasteiger charge is -2.34. The Labute approximate surface area is 367 Å². The number of ether oxygens (including phenoxy) is 3. The Balaban J connectivity index is 4.41. The fourth-order valence-electron chi connectivity index (χ4n) is 6.44. The highest BCUT2D eigenvalue weighted by Gasteiger charge is 2.25.